The molecule has 1 aliphatic carbocycles. The number of hydrogen-bond acceptors (Lipinski definition) is 8. The number of esters is 2. The van der Waals surface area contributed by atoms with Gasteiger partial charge in [-0.1, -0.05) is 0 Å². The van der Waals surface area contributed by atoms with E-state index in [-0.39, 0.29) is 23.3 Å². The van der Waals surface area contributed by atoms with E-state index in [2.05, 4.69) is 18.7 Å². The Balaban J connectivity index is 1.29. The molecule has 2 saturated heterocycles. The van der Waals surface area contributed by atoms with Crippen molar-refractivity contribution in [1.82, 2.24) is 9.80 Å². The van der Waals surface area contributed by atoms with Crippen LogP contribution in [0.2, 0.25) is 0 Å². The van der Waals surface area contributed by atoms with E-state index in [1.165, 1.54) is 18.8 Å². The first-order chi connectivity index (χ1) is 17.4. The van der Waals surface area contributed by atoms with Crippen molar-refractivity contribution in [2.75, 3.05) is 31.9 Å². The second-order valence-corrected chi connectivity index (χ2v) is 17.5. The number of methoxy groups -OCH3 is 2. The molecule has 9 nitrogen and oxygen atoms in total. The predicted molar refractivity (Wildman–Crippen MR) is 148 cm³/mol. The van der Waals surface area contributed by atoms with Gasteiger partial charge in [0.05, 0.1) is 7.11 Å². The zero-order valence-corrected chi connectivity index (χ0v) is 24.9. The Hall–Kier alpha value is -2.08. The summed E-state index contributed by atoms with van der Waals surface area (Å²) in [7, 11) is 2.55. The van der Waals surface area contributed by atoms with Crippen LogP contribution in [0.4, 0.5) is 4.79 Å². The molecule has 1 aromatic rings. The molecule has 4 rings (SSSR count). The molecule has 1 saturated carbocycles. The first-order valence-corrected chi connectivity index (χ1v) is 16.8. The van der Waals surface area contributed by atoms with E-state index < -0.39 is 37.4 Å². The minimum atomic E-state index is -1.11. The molecule has 0 N–H and O–H groups in total. The van der Waals surface area contributed by atoms with Crippen LogP contribution in [-0.2, 0) is 14.2 Å². The maximum absolute atomic E-state index is 12.4. The Morgan fingerprint density at radius 2 is 1.62 bits per heavy atom. The van der Waals surface area contributed by atoms with Gasteiger partial charge < -0.3 is 0 Å². The molecule has 1 aromatic carbocycles. The van der Waals surface area contributed by atoms with Crippen LogP contribution in [0.1, 0.15) is 68.2 Å². The molecule has 3 fully saturated rings. The number of nitrogens with zero attached hydrogens (tertiary/aromatic N) is 2. The van der Waals surface area contributed by atoms with Gasteiger partial charge in [-0.15, -0.1) is 0 Å². The number of benzene rings is 1. The van der Waals surface area contributed by atoms with E-state index in [9.17, 15) is 14.4 Å². The molecule has 37 heavy (non-hydrogen) atoms. The van der Waals surface area contributed by atoms with E-state index in [1.807, 2.05) is 25.7 Å². The first kappa shape index (κ1) is 27.9. The van der Waals surface area contributed by atoms with E-state index in [0.29, 0.717) is 17.8 Å². The average molecular weight is 631 g/mol. The summed E-state index contributed by atoms with van der Waals surface area (Å²) in [5.74, 6) is -0.650. The molecular formula is C27H39IN2O7. The Morgan fingerprint density at radius 1 is 1.03 bits per heavy atom. The van der Waals surface area contributed by atoms with Gasteiger partial charge in [0.1, 0.15) is 0 Å². The number of likely N-dealkylation sites (tertiary alicyclic amines) is 1. The van der Waals surface area contributed by atoms with Gasteiger partial charge in [-0.2, -0.15) is 0 Å². The van der Waals surface area contributed by atoms with Crippen molar-refractivity contribution >= 4 is 37.9 Å². The van der Waals surface area contributed by atoms with Crippen molar-refractivity contribution in [2.45, 2.75) is 79.1 Å². The molecule has 0 bridgehead atoms. The number of rotatable bonds is 8. The molecule has 2 aliphatic heterocycles. The van der Waals surface area contributed by atoms with Gasteiger partial charge >= 0.3 is 220 Å². The molecule has 0 unspecified atom stereocenters. The summed E-state index contributed by atoms with van der Waals surface area (Å²) in [5.41, 5.74) is -0.159. The molecule has 2 atom stereocenters. The third-order valence-electron chi connectivity index (χ3n) is 7.07. The maximum atomic E-state index is 12.4. The fourth-order valence-corrected chi connectivity index (χ4v) is 13.8. The van der Waals surface area contributed by atoms with Gasteiger partial charge in [0.25, 0.3) is 0 Å². The molecule has 3 aliphatic rings. The number of carbonyl (C=O) groups is 3. The van der Waals surface area contributed by atoms with Crippen molar-refractivity contribution in [3.05, 3.63) is 29.3 Å². The van der Waals surface area contributed by atoms with Crippen molar-refractivity contribution in [1.29, 1.82) is 0 Å². The summed E-state index contributed by atoms with van der Waals surface area (Å²) in [6.07, 6.45) is 1.73. The summed E-state index contributed by atoms with van der Waals surface area (Å²) in [5, 5.41) is 0. The quantitative estimate of drug-likeness (QED) is 0.138. The SMILES string of the molecule is COC(=O)c1ccc(OC2CC(N(CI3[C@@H]4CN(C(=O)OC(C)(C)C)C[C@@H]43)C(C)C)C2)cc1C(=O)OC. The van der Waals surface area contributed by atoms with E-state index >= 15 is 0 Å². The van der Waals surface area contributed by atoms with E-state index in [0.717, 1.165) is 33.8 Å². The summed E-state index contributed by atoms with van der Waals surface area (Å²) in [6.45, 7) is 12.0. The zero-order valence-electron chi connectivity index (χ0n) is 22.8. The van der Waals surface area contributed by atoms with E-state index in [4.69, 9.17) is 18.9 Å². The molecule has 0 spiro atoms. The topological polar surface area (TPSA) is 94.6 Å². The number of ether oxygens (including phenoxy) is 4. The Labute approximate surface area is 226 Å². The standard InChI is InChI=1S/C27H39IN2O7/c1-16(2)30(15-28-22-13-29(14-23(22)28)26(33)37-27(3,4)5)17-10-19(11-17)36-18-8-9-20(24(31)34-6)21(12-18)25(32)35-7/h8-9,12,16-17,19,22-23H,10-11,13-15H2,1-7H3/t17?,19?,22-,23+. The summed E-state index contributed by atoms with van der Waals surface area (Å²) in [6, 6.07) is 5.73. The average Bonchev–Trinajstić information content (AvgIpc) is 3.24. The Morgan fingerprint density at radius 3 is 2.16 bits per heavy atom. The molecule has 0 radical (unpaired) electrons. The van der Waals surface area contributed by atoms with Gasteiger partial charge in [0.2, 0.25) is 0 Å². The van der Waals surface area contributed by atoms with Crippen molar-refractivity contribution < 1.29 is 33.3 Å². The molecular weight excluding hydrogens is 591 g/mol. The summed E-state index contributed by atoms with van der Waals surface area (Å²) >= 11 is -1.11. The van der Waals surface area contributed by atoms with Gasteiger partial charge in [-0.3, -0.25) is 0 Å². The van der Waals surface area contributed by atoms with Crippen LogP contribution in [0.3, 0.4) is 0 Å². The van der Waals surface area contributed by atoms with Gasteiger partial charge in [-0.25, -0.2) is 0 Å². The molecule has 0 aromatic heterocycles. The summed E-state index contributed by atoms with van der Waals surface area (Å²) in [4.78, 5) is 41.1. The normalized spacial score (nSPS) is 25.4. The van der Waals surface area contributed by atoms with Crippen molar-refractivity contribution in [2.24, 2.45) is 0 Å². The van der Waals surface area contributed by atoms with Gasteiger partial charge in [0, 0.05) is 0 Å². The van der Waals surface area contributed by atoms with Crippen molar-refractivity contribution in [3.63, 3.8) is 0 Å². The third kappa shape index (κ3) is 6.32. The molecule has 1 amide bonds. The van der Waals surface area contributed by atoms with Gasteiger partial charge in [-0.05, 0) is 0 Å². The Bertz CT molecular complexity index is 1020. The van der Waals surface area contributed by atoms with Crippen LogP contribution in [-0.4, -0.2) is 91.3 Å². The molecule has 206 valence electrons. The van der Waals surface area contributed by atoms with Crippen LogP contribution < -0.4 is 4.74 Å². The third-order valence-corrected chi connectivity index (χ3v) is 14.4. The van der Waals surface area contributed by atoms with Crippen LogP contribution in [0.5, 0.6) is 5.75 Å². The fraction of sp³-hybridized carbons (Fsp3) is 0.667. The number of alkyl halides is 3. The number of halogens is 1. The fourth-order valence-electron chi connectivity index (χ4n) is 4.96. The molecule has 2 heterocycles. The predicted octanol–water partition coefficient (Wildman–Crippen LogP) is 4.35. The number of fused-ring (bicyclic) bond motifs is 1. The monoisotopic (exact) mass is 630 g/mol. The number of amides is 1. The number of carbonyl (C=O) groups excluding carboxylic acids is 3. The van der Waals surface area contributed by atoms with Crippen molar-refractivity contribution in [3.8, 4) is 5.75 Å². The minimum absolute atomic E-state index is 0.0610. The second kappa shape index (κ2) is 11.0. The van der Waals surface area contributed by atoms with E-state index in [1.54, 1.807) is 18.2 Å². The van der Waals surface area contributed by atoms with Gasteiger partial charge in [0.15, 0.2) is 0 Å². The number of hydrogen-bond donors (Lipinski definition) is 0. The zero-order chi connectivity index (χ0) is 27.1. The Kier molecular flexibility index (Phi) is 8.27. The van der Waals surface area contributed by atoms with Crippen LogP contribution in [0.15, 0.2) is 18.2 Å². The summed E-state index contributed by atoms with van der Waals surface area (Å²) < 4.78 is 23.9. The van der Waals surface area contributed by atoms with Crippen LogP contribution in [0.25, 0.3) is 0 Å². The van der Waals surface area contributed by atoms with Crippen LogP contribution in [0, 0.1) is 0 Å². The second-order valence-electron chi connectivity index (χ2n) is 11.1. The molecule has 10 heteroatoms. The van der Waals surface area contributed by atoms with Crippen LogP contribution >= 0.6 is 19.8 Å². The first-order valence-electron chi connectivity index (χ1n) is 12.8.